The molecule has 2 N–H and O–H groups in total. The molecule has 0 saturated carbocycles. The number of benzene rings is 2. The number of hydrogen-bond donors (Lipinski definition) is 2. The Kier molecular flexibility index (Phi) is 4.34. The van der Waals surface area contributed by atoms with Crippen LogP contribution in [0.2, 0.25) is 5.02 Å². The van der Waals surface area contributed by atoms with Crippen molar-refractivity contribution < 1.29 is 4.39 Å². The molecule has 0 aliphatic carbocycles. The lowest BCUT2D eigenvalue weighted by Crippen LogP contribution is -2.03. The lowest BCUT2D eigenvalue weighted by Gasteiger charge is -2.10. The number of hydrogen-bond acceptors (Lipinski definition) is 5. The maximum atomic E-state index is 13.2. The number of anilines is 4. The molecule has 3 rings (SSSR count). The molecule has 0 bridgehead atoms. The predicted octanol–water partition coefficient (Wildman–Crippen LogP) is 4.46. The average molecular weight is 330 g/mol. The van der Waals surface area contributed by atoms with Crippen LogP contribution in [0.4, 0.5) is 27.5 Å². The molecule has 7 heteroatoms. The molecule has 0 aliphatic rings. The summed E-state index contributed by atoms with van der Waals surface area (Å²) < 4.78 is 13.2. The highest BCUT2D eigenvalue weighted by molar-refractivity contribution is 6.31. The Morgan fingerprint density at radius 3 is 2.74 bits per heavy atom. The molecular formula is C16H13ClFN5. The maximum Gasteiger partial charge on any atom is 0.249 e. The van der Waals surface area contributed by atoms with E-state index >= 15 is 0 Å². The summed E-state index contributed by atoms with van der Waals surface area (Å²) in [5.41, 5.74) is 2.26. The number of nitrogens with zero attached hydrogens (tertiary/aromatic N) is 3. The predicted molar refractivity (Wildman–Crippen MR) is 89.0 cm³/mol. The second-order valence-electron chi connectivity index (χ2n) is 4.84. The molecule has 3 aromatic rings. The van der Waals surface area contributed by atoms with Crippen molar-refractivity contribution in [1.29, 1.82) is 0 Å². The van der Waals surface area contributed by atoms with Crippen LogP contribution in [-0.4, -0.2) is 15.2 Å². The van der Waals surface area contributed by atoms with Crippen molar-refractivity contribution in [3.05, 3.63) is 65.1 Å². The molecule has 0 amide bonds. The molecular weight excluding hydrogens is 317 g/mol. The number of halogens is 2. The first kappa shape index (κ1) is 15.2. The quantitative estimate of drug-likeness (QED) is 0.740. The van der Waals surface area contributed by atoms with Crippen LogP contribution in [0.3, 0.4) is 0 Å². The molecule has 23 heavy (non-hydrogen) atoms. The third-order valence-electron chi connectivity index (χ3n) is 3.17. The third kappa shape index (κ3) is 3.73. The molecule has 0 saturated heterocycles. The van der Waals surface area contributed by atoms with Crippen LogP contribution in [-0.2, 0) is 0 Å². The highest BCUT2D eigenvalue weighted by Gasteiger charge is 2.06. The SMILES string of the molecule is Cc1c(Cl)cccc1Nc1nncc(Nc2cccc(F)c2)n1. The molecule has 0 spiro atoms. The second-order valence-corrected chi connectivity index (χ2v) is 5.25. The fourth-order valence-electron chi connectivity index (χ4n) is 1.99. The summed E-state index contributed by atoms with van der Waals surface area (Å²) in [6, 6.07) is 11.6. The summed E-state index contributed by atoms with van der Waals surface area (Å²) in [6.07, 6.45) is 1.46. The van der Waals surface area contributed by atoms with Gasteiger partial charge >= 0.3 is 0 Å². The smallest absolute Gasteiger partial charge is 0.249 e. The summed E-state index contributed by atoms with van der Waals surface area (Å²) in [7, 11) is 0. The Morgan fingerprint density at radius 2 is 1.91 bits per heavy atom. The third-order valence-corrected chi connectivity index (χ3v) is 3.58. The minimum Gasteiger partial charge on any atom is -0.339 e. The standard InChI is InChI=1S/C16H13ClFN5/c1-10-13(17)6-3-7-14(10)21-16-22-15(9-19-23-16)20-12-5-2-4-11(18)8-12/h2-9H,1H3,(H2,20,21,22,23). The summed E-state index contributed by atoms with van der Waals surface area (Å²) in [6.45, 7) is 1.90. The van der Waals surface area contributed by atoms with E-state index < -0.39 is 0 Å². The lowest BCUT2D eigenvalue weighted by molar-refractivity contribution is 0.628. The van der Waals surface area contributed by atoms with Gasteiger partial charge in [0, 0.05) is 16.4 Å². The highest BCUT2D eigenvalue weighted by atomic mass is 35.5. The molecule has 1 heterocycles. The van der Waals surface area contributed by atoms with E-state index in [1.54, 1.807) is 12.1 Å². The van der Waals surface area contributed by atoms with Gasteiger partial charge in [-0.25, -0.2) is 4.39 Å². The van der Waals surface area contributed by atoms with Crippen LogP contribution < -0.4 is 10.6 Å². The molecule has 0 atom stereocenters. The summed E-state index contributed by atoms with van der Waals surface area (Å²) in [5, 5.41) is 14.5. The van der Waals surface area contributed by atoms with E-state index in [0.717, 1.165) is 11.3 Å². The molecule has 0 aliphatic heterocycles. The zero-order valence-corrected chi connectivity index (χ0v) is 13.0. The normalized spacial score (nSPS) is 10.4. The Balaban J connectivity index is 1.81. The van der Waals surface area contributed by atoms with Crippen LogP contribution in [0, 0.1) is 12.7 Å². The van der Waals surface area contributed by atoms with Crippen molar-refractivity contribution in [1.82, 2.24) is 15.2 Å². The topological polar surface area (TPSA) is 62.7 Å². The minimum absolute atomic E-state index is 0.316. The van der Waals surface area contributed by atoms with Crippen molar-refractivity contribution in [3.8, 4) is 0 Å². The lowest BCUT2D eigenvalue weighted by atomic mass is 10.2. The zero-order chi connectivity index (χ0) is 16.2. The van der Waals surface area contributed by atoms with E-state index in [1.807, 2.05) is 25.1 Å². The molecule has 2 aromatic carbocycles. The van der Waals surface area contributed by atoms with Gasteiger partial charge in [-0.2, -0.15) is 10.1 Å². The van der Waals surface area contributed by atoms with Gasteiger partial charge < -0.3 is 10.6 Å². The van der Waals surface area contributed by atoms with E-state index in [0.29, 0.717) is 22.5 Å². The summed E-state index contributed by atoms with van der Waals surface area (Å²) in [5.74, 6) is 0.439. The number of rotatable bonds is 4. The van der Waals surface area contributed by atoms with Gasteiger partial charge in [0.1, 0.15) is 5.82 Å². The Hall–Kier alpha value is -2.73. The monoisotopic (exact) mass is 329 g/mol. The average Bonchev–Trinajstić information content (AvgIpc) is 2.52. The minimum atomic E-state index is -0.329. The van der Waals surface area contributed by atoms with Crippen LogP contribution >= 0.6 is 11.6 Å². The molecule has 5 nitrogen and oxygen atoms in total. The van der Waals surface area contributed by atoms with Crippen LogP contribution in [0.15, 0.2) is 48.7 Å². The van der Waals surface area contributed by atoms with Crippen molar-refractivity contribution in [2.24, 2.45) is 0 Å². The van der Waals surface area contributed by atoms with Gasteiger partial charge in [0.25, 0.3) is 0 Å². The van der Waals surface area contributed by atoms with Gasteiger partial charge in [0.15, 0.2) is 5.82 Å². The number of aromatic nitrogens is 3. The van der Waals surface area contributed by atoms with Crippen molar-refractivity contribution in [2.45, 2.75) is 6.92 Å². The van der Waals surface area contributed by atoms with E-state index in [4.69, 9.17) is 11.6 Å². The molecule has 116 valence electrons. The second kappa shape index (κ2) is 6.58. The van der Waals surface area contributed by atoms with Gasteiger partial charge in [0.05, 0.1) is 6.20 Å². The Labute approximate surface area is 137 Å². The van der Waals surface area contributed by atoms with Gasteiger partial charge in [0.2, 0.25) is 5.95 Å². The molecule has 0 fully saturated rings. The van der Waals surface area contributed by atoms with E-state index in [9.17, 15) is 4.39 Å². The van der Waals surface area contributed by atoms with Gasteiger partial charge in [-0.15, -0.1) is 5.10 Å². The summed E-state index contributed by atoms with van der Waals surface area (Å²) >= 11 is 6.09. The number of nitrogens with one attached hydrogen (secondary N) is 2. The van der Waals surface area contributed by atoms with Gasteiger partial charge in [-0.05, 0) is 42.8 Å². The summed E-state index contributed by atoms with van der Waals surface area (Å²) in [4.78, 5) is 4.30. The molecule has 0 radical (unpaired) electrons. The Bertz CT molecular complexity index is 840. The highest BCUT2D eigenvalue weighted by Crippen LogP contribution is 2.25. The van der Waals surface area contributed by atoms with Crippen molar-refractivity contribution >= 4 is 34.7 Å². The first-order chi connectivity index (χ1) is 11.1. The van der Waals surface area contributed by atoms with E-state index in [-0.39, 0.29) is 5.82 Å². The Morgan fingerprint density at radius 1 is 1.09 bits per heavy atom. The fraction of sp³-hybridized carbons (Fsp3) is 0.0625. The maximum absolute atomic E-state index is 13.2. The first-order valence-electron chi connectivity index (χ1n) is 6.86. The van der Waals surface area contributed by atoms with E-state index in [1.165, 1.54) is 18.3 Å². The van der Waals surface area contributed by atoms with Gasteiger partial charge in [-0.3, -0.25) is 0 Å². The van der Waals surface area contributed by atoms with Crippen LogP contribution in [0.25, 0.3) is 0 Å². The van der Waals surface area contributed by atoms with Crippen LogP contribution in [0.5, 0.6) is 0 Å². The van der Waals surface area contributed by atoms with E-state index in [2.05, 4.69) is 25.8 Å². The molecule has 1 aromatic heterocycles. The zero-order valence-electron chi connectivity index (χ0n) is 12.2. The first-order valence-corrected chi connectivity index (χ1v) is 7.24. The molecule has 0 unspecified atom stereocenters. The van der Waals surface area contributed by atoms with Gasteiger partial charge in [-0.1, -0.05) is 23.7 Å². The largest absolute Gasteiger partial charge is 0.339 e. The van der Waals surface area contributed by atoms with Crippen molar-refractivity contribution in [3.63, 3.8) is 0 Å². The fourth-order valence-corrected chi connectivity index (χ4v) is 2.17. The van der Waals surface area contributed by atoms with Crippen LogP contribution in [0.1, 0.15) is 5.56 Å². The van der Waals surface area contributed by atoms with Crippen molar-refractivity contribution in [2.75, 3.05) is 10.6 Å².